The summed E-state index contributed by atoms with van der Waals surface area (Å²) in [4.78, 5) is 27.7. The predicted octanol–water partition coefficient (Wildman–Crippen LogP) is 0.482. The fraction of sp³-hybridized carbons (Fsp3) is 0.556. The number of fused-ring (bicyclic) bond motifs is 3. The highest BCUT2D eigenvalue weighted by Crippen LogP contribution is 2.21. The SMILES string of the molecule is COc1ccc(CC(=O)N2C[C@H]3COC[C@@H]2CN(CC(=O)O)C3)cc1. The average molecular weight is 348 g/mol. The van der Waals surface area contributed by atoms with Gasteiger partial charge < -0.3 is 19.5 Å². The first-order valence-corrected chi connectivity index (χ1v) is 8.49. The Hall–Kier alpha value is -2.12. The average Bonchev–Trinajstić information content (AvgIpc) is 2.85. The van der Waals surface area contributed by atoms with Crippen molar-refractivity contribution in [2.45, 2.75) is 12.5 Å². The summed E-state index contributed by atoms with van der Waals surface area (Å²) in [6.07, 6.45) is 0.326. The van der Waals surface area contributed by atoms with Crippen LogP contribution in [-0.4, -0.2) is 79.3 Å². The lowest BCUT2D eigenvalue weighted by atomic mass is 10.1. The van der Waals surface area contributed by atoms with Crippen LogP contribution in [0.25, 0.3) is 0 Å². The smallest absolute Gasteiger partial charge is 0.317 e. The van der Waals surface area contributed by atoms with E-state index in [1.54, 1.807) is 7.11 Å². The van der Waals surface area contributed by atoms with Crippen molar-refractivity contribution >= 4 is 11.9 Å². The molecule has 136 valence electrons. The number of benzene rings is 1. The van der Waals surface area contributed by atoms with E-state index < -0.39 is 5.97 Å². The van der Waals surface area contributed by atoms with Crippen molar-refractivity contribution in [2.75, 3.05) is 46.5 Å². The monoisotopic (exact) mass is 348 g/mol. The Morgan fingerprint density at radius 2 is 1.96 bits per heavy atom. The first-order chi connectivity index (χ1) is 12.0. The number of carboxylic acids is 1. The zero-order valence-corrected chi connectivity index (χ0v) is 14.4. The Bertz CT molecular complexity index is 618. The Labute approximate surface area is 147 Å². The van der Waals surface area contributed by atoms with E-state index in [4.69, 9.17) is 14.6 Å². The van der Waals surface area contributed by atoms with Crippen molar-refractivity contribution in [3.8, 4) is 5.75 Å². The molecule has 7 heteroatoms. The number of methoxy groups -OCH3 is 1. The normalized spacial score (nSPS) is 23.8. The quantitative estimate of drug-likeness (QED) is 0.834. The lowest BCUT2D eigenvalue weighted by molar-refractivity contribution is -0.138. The molecule has 1 aromatic rings. The number of hydrogen-bond acceptors (Lipinski definition) is 5. The molecule has 0 unspecified atom stereocenters. The first-order valence-electron chi connectivity index (χ1n) is 8.49. The number of hydrogen-bond donors (Lipinski definition) is 1. The van der Waals surface area contributed by atoms with Gasteiger partial charge in [0.15, 0.2) is 0 Å². The van der Waals surface area contributed by atoms with Crippen molar-refractivity contribution in [1.29, 1.82) is 0 Å². The van der Waals surface area contributed by atoms with Crippen LogP contribution in [0.4, 0.5) is 0 Å². The molecule has 2 atom stereocenters. The van der Waals surface area contributed by atoms with Gasteiger partial charge in [0, 0.05) is 25.6 Å². The van der Waals surface area contributed by atoms with Crippen molar-refractivity contribution in [1.82, 2.24) is 9.80 Å². The van der Waals surface area contributed by atoms with E-state index in [9.17, 15) is 9.59 Å². The summed E-state index contributed by atoms with van der Waals surface area (Å²) in [5.41, 5.74) is 0.938. The highest BCUT2D eigenvalue weighted by Gasteiger charge is 2.36. The van der Waals surface area contributed by atoms with Crippen LogP contribution < -0.4 is 4.74 Å². The van der Waals surface area contributed by atoms with Crippen LogP contribution in [0.15, 0.2) is 24.3 Å². The first kappa shape index (κ1) is 17.7. The van der Waals surface area contributed by atoms with Gasteiger partial charge in [-0.2, -0.15) is 0 Å². The van der Waals surface area contributed by atoms with Gasteiger partial charge in [-0.15, -0.1) is 0 Å². The summed E-state index contributed by atoms with van der Waals surface area (Å²) in [6.45, 7) is 2.84. The highest BCUT2D eigenvalue weighted by atomic mass is 16.5. The molecule has 2 aliphatic rings. The largest absolute Gasteiger partial charge is 0.497 e. The Balaban J connectivity index is 1.69. The van der Waals surface area contributed by atoms with Crippen LogP contribution in [0.2, 0.25) is 0 Å². The number of carbonyl (C=O) groups excluding carboxylic acids is 1. The summed E-state index contributed by atoms with van der Waals surface area (Å²) in [5.74, 6) is 0.131. The minimum absolute atomic E-state index is 0.00745. The fourth-order valence-electron chi connectivity index (χ4n) is 3.59. The summed E-state index contributed by atoms with van der Waals surface area (Å²) >= 11 is 0. The van der Waals surface area contributed by atoms with Crippen molar-refractivity contribution in [3.05, 3.63) is 29.8 Å². The van der Waals surface area contributed by atoms with Gasteiger partial charge in [-0.3, -0.25) is 14.5 Å². The molecule has 1 N–H and O–H groups in total. The second-order valence-corrected chi connectivity index (χ2v) is 6.72. The highest BCUT2D eigenvalue weighted by molar-refractivity contribution is 5.79. The van der Waals surface area contributed by atoms with Crippen molar-refractivity contribution in [3.63, 3.8) is 0 Å². The van der Waals surface area contributed by atoms with Crippen LogP contribution in [0, 0.1) is 5.92 Å². The molecule has 0 spiro atoms. The maximum atomic E-state index is 12.9. The number of carbonyl (C=O) groups is 2. The second-order valence-electron chi connectivity index (χ2n) is 6.72. The molecule has 0 aromatic heterocycles. The molecular weight excluding hydrogens is 324 g/mol. The number of rotatable bonds is 5. The molecule has 0 saturated carbocycles. The van der Waals surface area contributed by atoms with E-state index in [0.29, 0.717) is 39.3 Å². The molecule has 1 amide bonds. The number of ether oxygens (including phenoxy) is 2. The van der Waals surface area contributed by atoms with E-state index in [1.165, 1.54) is 0 Å². The minimum atomic E-state index is -0.836. The van der Waals surface area contributed by atoms with Crippen molar-refractivity contribution < 1.29 is 24.2 Å². The van der Waals surface area contributed by atoms with E-state index in [2.05, 4.69) is 0 Å². The summed E-state index contributed by atoms with van der Waals surface area (Å²) < 4.78 is 10.8. The van der Waals surface area contributed by atoms with Crippen LogP contribution >= 0.6 is 0 Å². The Kier molecular flexibility index (Phi) is 5.55. The maximum absolute atomic E-state index is 12.9. The third-order valence-corrected chi connectivity index (χ3v) is 4.74. The van der Waals surface area contributed by atoms with Gasteiger partial charge in [0.2, 0.25) is 5.91 Å². The van der Waals surface area contributed by atoms with E-state index in [1.807, 2.05) is 34.1 Å². The Morgan fingerprint density at radius 3 is 2.64 bits per heavy atom. The minimum Gasteiger partial charge on any atom is -0.497 e. The summed E-state index contributed by atoms with van der Waals surface area (Å²) in [6, 6.07) is 7.39. The lowest BCUT2D eigenvalue weighted by Crippen LogP contribution is -2.47. The molecule has 0 aliphatic carbocycles. The topological polar surface area (TPSA) is 79.3 Å². The van der Waals surface area contributed by atoms with Crippen molar-refractivity contribution in [2.24, 2.45) is 5.92 Å². The standard InChI is InChI=1S/C18H24N2O5/c1-24-16-4-2-13(3-5-16)6-17(21)20-8-14-7-19(10-18(22)23)9-15(20)12-25-11-14/h2-5,14-15H,6-12H2,1H3,(H,22,23)/t14-,15-/m0/s1. The fourth-order valence-corrected chi connectivity index (χ4v) is 3.59. The summed E-state index contributed by atoms with van der Waals surface area (Å²) in [5, 5.41) is 9.07. The number of carboxylic acid groups (broad SMARTS) is 1. The molecule has 25 heavy (non-hydrogen) atoms. The maximum Gasteiger partial charge on any atom is 0.317 e. The third kappa shape index (κ3) is 4.49. The van der Waals surface area contributed by atoms with Gasteiger partial charge in [0.05, 0.1) is 39.3 Å². The molecule has 1 aromatic carbocycles. The van der Waals surface area contributed by atoms with Gasteiger partial charge in [-0.05, 0) is 17.7 Å². The molecule has 2 aliphatic heterocycles. The van der Waals surface area contributed by atoms with E-state index in [-0.39, 0.29) is 24.4 Å². The molecule has 2 fully saturated rings. The van der Waals surface area contributed by atoms with Gasteiger partial charge in [0.25, 0.3) is 0 Å². The van der Waals surface area contributed by atoms with E-state index in [0.717, 1.165) is 11.3 Å². The number of nitrogens with zero attached hydrogens (tertiary/aromatic N) is 2. The zero-order chi connectivity index (χ0) is 17.8. The third-order valence-electron chi connectivity index (χ3n) is 4.74. The molecule has 0 radical (unpaired) electrons. The molecule has 2 saturated heterocycles. The Morgan fingerprint density at radius 1 is 1.20 bits per heavy atom. The van der Waals surface area contributed by atoms with Gasteiger partial charge in [0.1, 0.15) is 5.75 Å². The van der Waals surface area contributed by atoms with Gasteiger partial charge in [-0.25, -0.2) is 0 Å². The van der Waals surface area contributed by atoms with Crippen LogP contribution in [-0.2, 0) is 20.7 Å². The molecule has 7 nitrogen and oxygen atoms in total. The lowest BCUT2D eigenvalue weighted by Gasteiger charge is -2.30. The zero-order valence-electron chi connectivity index (χ0n) is 14.4. The molecular formula is C18H24N2O5. The van der Waals surface area contributed by atoms with Crippen LogP contribution in [0.3, 0.4) is 0 Å². The van der Waals surface area contributed by atoms with Crippen LogP contribution in [0.5, 0.6) is 5.75 Å². The second kappa shape index (κ2) is 7.84. The number of amides is 1. The van der Waals surface area contributed by atoms with Crippen LogP contribution in [0.1, 0.15) is 5.56 Å². The summed E-state index contributed by atoms with van der Waals surface area (Å²) in [7, 11) is 1.61. The number of aliphatic carboxylic acids is 1. The van der Waals surface area contributed by atoms with Gasteiger partial charge >= 0.3 is 5.97 Å². The predicted molar refractivity (Wildman–Crippen MR) is 90.6 cm³/mol. The van der Waals surface area contributed by atoms with Gasteiger partial charge in [-0.1, -0.05) is 12.1 Å². The van der Waals surface area contributed by atoms with E-state index >= 15 is 0 Å². The molecule has 2 heterocycles. The molecule has 2 bridgehead atoms. The molecule has 3 rings (SSSR count).